The SMILES string of the molecule is CSCC[C@H](NC(=O)[C@H](CC(C)C)NC(=O)[C@@H](N)CCCCN)C(=O)N[C@@H](C)C(=O)N[C@@H](CCCCN)C(=O)N[C@@H](C)C(=O)N[C@@H](CC(C)C)C(=O)N[C@@H](CC(C)C)C(=O)N[C@@H](CC(C)C)C(=O)O. The van der Waals surface area contributed by atoms with E-state index in [2.05, 4.69) is 42.5 Å². The second-order valence-corrected chi connectivity index (χ2v) is 20.6. The number of hydrogen-bond acceptors (Lipinski definition) is 13. The van der Waals surface area contributed by atoms with Gasteiger partial charge in [-0.1, -0.05) is 61.8 Å². The third kappa shape index (κ3) is 27.4. The number of carbonyl (C=O) groups is 9. The molecule has 398 valence electrons. The van der Waals surface area contributed by atoms with Crippen LogP contribution in [0.2, 0.25) is 0 Å². The Labute approximate surface area is 414 Å². The minimum atomic E-state index is -1.20. The Morgan fingerprint density at radius 2 is 0.710 bits per heavy atom. The largest absolute Gasteiger partial charge is 0.480 e. The number of thioether (sulfide) groups is 1. The number of unbranched alkanes of at least 4 members (excludes halogenated alkanes) is 2. The Hall–Kier alpha value is -4.54. The van der Waals surface area contributed by atoms with Crippen LogP contribution in [0.15, 0.2) is 0 Å². The van der Waals surface area contributed by atoms with Crippen molar-refractivity contribution in [3.63, 3.8) is 0 Å². The summed E-state index contributed by atoms with van der Waals surface area (Å²) < 4.78 is 0. The van der Waals surface area contributed by atoms with Crippen LogP contribution in [-0.2, 0) is 43.2 Å². The smallest absolute Gasteiger partial charge is 0.326 e. The maximum atomic E-state index is 13.7. The molecule has 0 rings (SSSR count). The predicted molar refractivity (Wildman–Crippen MR) is 269 cm³/mol. The molecule has 0 aliphatic carbocycles. The molecule has 0 aromatic heterocycles. The van der Waals surface area contributed by atoms with Gasteiger partial charge in [0.1, 0.15) is 48.3 Å². The van der Waals surface area contributed by atoms with E-state index in [0.717, 1.165) is 0 Å². The van der Waals surface area contributed by atoms with E-state index in [1.54, 1.807) is 0 Å². The summed E-state index contributed by atoms with van der Waals surface area (Å²) in [6, 6.07) is -9.84. The zero-order valence-corrected chi connectivity index (χ0v) is 44.0. The van der Waals surface area contributed by atoms with Gasteiger partial charge < -0.3 is 64.8 Å². The molecule has 0 saturated carbocycles. The van der Waals surface area contributed by atoms with Crippen molar-refractivity contribution < 1.29 is 48.3 Å². The summed E-state index contributed by atoms with van der Waals surface area (Å²) in [6.45, 7) is 18.4. The highest BCUT2D eigenvalue weighted by Gasteiger charge is 2.34. The fourth-order valence-corrected chi connectivity index (χ4v) is 7.63. The van der Waals surface area contributed by atoms with Gasteiger partial charge in [-0.25, -0.2) is 4.79 Å². The molecule has 21 nitrogen and oxygen atoms in total. The van der Waals surface area contributed by atoms with Crippen LogP contribution in [0.4, 0.5) is 0 Å². The van der Waals surface area contributed by atoms with Gasteiger partial charge in [0.15, 0.2) is 0 Å². The quantitative estimate of drug-likeness (QED) is 0.0381. The number of carboxylic acid groups (broad SMARTS) is 1. The summed E-state index contributed by atoms with van der Waals surface area (Å²) in [7, 11) is 0. The van der Waals surface area contributed by atoms with Crippen LogP contribution in [-0.4, -0.2) is 138 Å². The van der Waals surface area contributed by atoms with Gasteiger partial charge in [-0.05, 0) is 127 Å². The number of nitrogens with two attached hydrogens (primary N) is 3. The van der Waals surface area contributed by atoms with Gasteiger partial charge in [0.2, 0.25) is 47.3 Å². The Morgan fingerprint density at radius 3 is 1.09 bits per heavy atom. The van der Waals surface area contributed by atoms with Crippen molar-refractivity contribution in [1.82, 2.24) is 42.5 Å². The van der Waals surface area contributed by atoms with Gasteiger partial charge in [-0.15, -0.1) is 0 Å². The van der Waals surface area contributed by atoms with Crippen molar-refractivity contribution in [2.45, 2.75) is 194 Å². The van der Waals surface area contributed by atoms with E-state index in [-0.39, 0.29) is 62.2 Å². The molecule has 0 aromatic rings. The van der Waals surface area contributed by atoms with Crippen molar-refractivity contribution >= 4 is 65.0 Å². The molecular weight excluding hydrogens is 911 g/mol. The van der Waals surface area contributed by atoms with E-state index < -0.39 is 108 Å². The zero-order chi connectivity index (χ0) is 53.0. The number of rotatable bonds is 36. The molecule has 0 bridgehead atoms. The Kier molecular flexibility index (Phi) is 32.4. The molecule has 0 radical (unpaired) electrons. The van der Waals surface area contributed by atoms with Crippen molar-refractivity contribution in [3.05, 3.63) is 0 Å². The van der Waals surface area contributed by atoms with Crippen LogP contribution in [0.5, 0.6) is 0 Å². The van der Waals surface area contributed by atoms with Gasteiger partial charge in [-0.2, -0.15) is 11.8 Å². The van der Waals surface area contributed by atoms with Gasteiger partial charge in [0.05, 0.1) is 6.04 Å². The molecule has 15 N–H and O–H groups in total. The molecule has 0 unspecified atom stereocenters. The molecule has 0 spiro atoms. The number of hydrogen-bond donors (Lipinski definition) is 12. The second-order valence-electron chi connectivity index (χ2n) is 19.6. The van der Waals surface area contributed by atoms with Gasteiger partial charge in [-0.3, -0.25) is 38.4 Å². The molecule has 69 heavy (non-hydrogen) atoms. The van der Waals surface area contributed by atoms with E-state index in [4.69, 9.17) is 17.2 Å². The van der Waals surface area contributed by atoms with Gasteiger partial charge in [0.25, 0.3) is 0 Å². The minimum absolute atomic E-state index is 0.00291. The minimum Gasteiger partial charge on any atom is -0.480 e. The number of nitrogens with one attached hydrogen (secondary N) is 8. The highest BCUT2D eigenvalue weighted by atomic mass is 32.2. The van der Waals surface area contributed by atoms with Crippen LogP contribution in [0.25, 0.3) is 0 Å². The van der Waals surface area contributed by atoms with E-state index >= 15 is 0 Å². The fraction of sp³-hybridized carbons (Fsp3) is 0.809. The Morgan fingerprint density at radius 1 is 0.406 bits per heavy atom. The van der Waals surface area contributed by atoms with Crippen molar-refractivity contribution in [2.24, 2.45) is 40.9 Å². The Bertz CT molecular complexity index is 1640. The van der Waals surface area contributed by atoms with Crippen LogP contribution in [0.1, 0.15) is 140 Å². The molecule has 22 heteroatoms. The molecule has 0 aliphatic rings. The molecule has 8 amide bonds. The molecule has 0 saturated heterocycles. The lowest BCUT2D eigenvalue weighted by Crippen LogP contribution is -2.60. The van der Waals surface area contributed by atoms with E-state index in [9.17, 15) is 48.3 Å². The van der Waals surface area contributed by atoms with E-state index in [1.165, 1.54) is 25.6 Å². The number of aliphatic carboxylic acids is 1. The summed E-state index contributed by atoms with van der Waals surface area (Å²) in [6.07, 6.45) is 5.69. The normalized spacial score (nSPS) is 15.4. The van der Waals surface area contributed by atoms with E-state index in [0.29, 0.717) is 50.9 Å². The summed E-state index contributed by atoms with van der Waals surface area (Å²) in [5.74, 6) is -6.11. The van der Waals surface area contributed by atoms with Crippen LogP contribution in [0, 0.1) is 23.7 Å². The summed E-state index contributed by atoms with van der Waals surface area (Å²) >= 11 is 1.45. The average molecular weight is 1000 g/mol. The number of carboxylic acids is 1. The Balaban J connectivity index is 6.09. The lowest BCUT2D eigenvalue weighted by atomic mass is 9.99. The van der Waals surface area contributed by atoms with Crippen LogP contribution < -0.4 is 59.7 Å². The highest BCUT2D eigenvalue weighted by Crippen LogP contribution is 2.13. The first-order valence-corrected chi connectivity index (χ1v) is 26.0. The third-order valence-corrected chi connectivity index (χ3v) is 11.6. The van der Waals surface area contributed by atoms with Crippen LogP contribution in [0.3, 0.4) is 0 Å². The van der Waals surface area contributed by atoms with Crippen molar-refractivity contribution in [2.75, 3.05) is 25.1 Å². The van der Waals surface area contributed by atoms with Crippen molar-refractivity contribution in [3.8, 4) is 0 Å². The molecule has 9 atom stereocenters. The first-order valence-electron chi connectivity index (χ1n) is 24.6. The fourth-order valence-electron chi connectivity index (χ4n) is 7.16. The van der Waals surface area contributed by atoms with Gasteiger partial charge >= 0.3 is 5.97 Å². The average Bonchev–Trinajstić information content (AvgIpc) is 3.25. The lowest BCUT2D eigenvalue weighted by molar-refractivity contribution is -0.143. The second kappa shape index (κ2) is 34.7. The standard InChI is InChI=1S/C47H89N11O10S/c1-26(2)22-35(45(65)57-37(24-28(5)6)46(66)58-38(47(67)68)25-29(7)8)55-40(60)31(10)51-42(62)33(17-13-15-20-49)53-39(59)30(9)52-43(63)34(18-21-69-11)54-44(64)36(23-27(3)4)56-41(61)32(50)16-12-14-19-48/h26-38H,12-25,48-50H2,1-11H3,(H,51,62)(H,52,63)(H,53,59)(H,54,64)(H,55,60)(H,56,61)(H,57,65)(H,58,66)(H,67,68)/t30-,31-,32-,33-,34-,35-,36-,37-,38-/m0/s1. The van der Waals surface area contributed by atoms with E-state index in [1.807, 2.05) is 61.6 Å². The molecule has 0 aliphatic heterocycles. The zero-order valence-electron chi connectivity index (χ0n) is 43.2. The highest BCUT2D eigenvalue weighted by molar-refractivity contribution is 7.98. The first kappa shape index (κ1) is 64.5. The predicted octanol–water partition coefficient (Wildman–Crippen LogP) is 0.512. The first-order chi connectivity index (χ1) is 32.3. The molecule has 0 aromatic carbocycles. The number of carbonyl (C=O) groups excluding carboxylic acids is 8. The molecular formula is C47H89N11O10S. The molecule has 0 heterocycles. The van der Waals surface area contributed by atoms with Crippen molar-refractivity contribution in [1.29, 1.82) is 0 Å². The summed E-state index contributed by atoms with van der Waals surface area (Å²) in [5.41, 5.74) is 17.4. The third-order valence-electron chi connectivity index (χ3n) is 11.0. The number of amides is 8. The van der Waals surface area contributed by atoms with Gasteiger partial charge in [0, 0.05) is 0 Å². The monoisotopic (exact) mass is 1000 g/mol. The maximum Gasteiger partial charge on any atom is 0.326 e. The topological polar surface area (TPSA) is 348 Å². The summed E-state index contributed by atoms with van der Waals surface area (Å²) in [5, 5.41) is 31.0. The van der Waals surface area contributed by atoms with Crippen LogP contribution >= 0.6 is 11.8 Å². The lowest BCUT2D eigenvalue weighted by Gasteiger charge is -2.28. The maximum absolute atomic E-state index is 13.7. The molecule has 0 fully saturated rings. The summed E-state index contributed by atoms with van der Waals surface area (Å²) in [4.78, 5) is 120.